The molecule has 0 aliphatic heterocycles. The van der Waals surface area contributed by atoms with E-state index in [4.69, 9.17) is 5.73 Å². The molecule has 0 bridgehead atoms. The monoisotopic (exact) mass is 193 g/mol. The van der Waals surface area contributed by atoms with Gasteiger partial charge in [-0.05, 0) is 45.4 Å². The van der Waals surface area contributed by atoms with Gasteiger partial charge in [0, 0.05) is 6.04 Å². The van der Waals surface area contributed by atoms with Gasteiger partial charge in [-0.25, -0.2) is 0 Å². The van der Waals surface area contributed by atoms with Crippen LogP contribution in [0.1, 0.15) is 52.4 Å². The van der Waals surface area contributed by atoms with Gasteiger partial charge in [0.15, 0.2) is 0 Å². The Kier molecular flexibility index (Phi) is 4.95. The summed E-state index contributed by atoms with van der Waals surface area (Å²) in [5, 5.41) is 0. The van der Waals surface area contributed by atoms with Gasteiger partial charge in [-0.15, -0.1) is 0 Å². The van der Waals surface area contributed by atoms with Crippen LogP contribution in [0.25, 0.3) is 0 Å². The van der Waals surface area contributed by atoms with Crippen molar-refractivity contribution in [1.82, 2.24) is 0 Å². The van der Waals surface area contributed by atoms with Crippen molar-refractivity contribution in [3.05, 3.63) is 23.3 Å². The Balaban J connectivity index is 2.35. The van der Waals surface area contributed by atoms with E-state index in [1.54, 1.807) is 11.1 Å². The summed E-state index contributed by atoms with van der Waals surface area (Å²) in [4.78, 5) is 0. The molecule has 0 saturated heterocycles. The predicted octanol–water partition coefficient (Wildman–Crippen LogP) is 3.56. The maximum Gasteiger partial charge on any atom is 0.00134 e. The van der Waals surface area contributed by atoms with Crippen molar-refractivity contribution in [2.24, 2.45) is 5.73 Å². The van der Waals surface area contributed by atoms with Gasteiger partial charge in [0.05, 0.1) is 0 Å². The highest BCUT2D eigenvalue weighted by molar-refractivity contribution is 5.20. The summed E-state index contributed by atoms with van der Waals surface area (Å²) in [6.07, 6.45) is 12.0. The largest absolute Gasteiger partial charge is 0.328 e. The predicted molar refractivity (Wildman–Crippen MR) is 63.2 cm³/mol. The molecule has 0 aromatic rings. The van der Waals surface area contributed by atoms with E-state index in [2.05, 4.69) is 26.0 Å². The molecule has 0 radical (unpaired) electrons. The molecule has 1 heteroatoms. The van der Waals surface area contributed by atoms with Crippen molar-refractivity contribution >= 4 is 0 Å². The second kappa shape index (κ2) is 6.02. The molecule has 0 spiro atoms. The highest BCUT2D eigenvalue weighted by Gasteiger charge is 2.06. The SMILES string of the molecule is CCC1=CCC/C(=C\CCC(C)N)C1. The maximum atomic E-state index is 5.72. The Hall–Kier alpha value is -0.560. The molecule has 2 N–H and O–H groups in total. The molecule has 1 atom stereocenters. The first-order valence-corrected chi connectivity index (χ1v) is 5.83. The minimum absolute atomic E-state index is 0.344. The number of allylic oxidation sites excluding steroid dienone is 4. The third-order valence-corrected chi connectivity index (χ3v) is 2.86. The van der Waals surface area contributed by atoms with E-state index in [0.29, 0.717) is 6.04 Å². The second-order valence-corrected chi connectivity index (χ2v) is 4.35. The summed E-state index contributed by atoms with van der Waals surface area (Å²) in [5.74, 6) is 0. The average Bonchev–Trinajstić information content (AvgIpc) is 2.18. The van der Waals surface area contributed by atoms with E-state index in [-0.39, 0.29) is 0 Å². The molecule has 0 saturated carbocycles. The third kappa shape index (κ3) is 4.10. The highest BCUT2D eigenvalue weighted by Crippen LogP contribution is 2.25. The topological polar surface area (TPSA) is 26.0 Å². The number of hydrogen-bond acceptors (Lipinski definition) is 1. The Morgan fingerprint density at radius 2 is 2.36 bits per heavy atom. The lowest BCUT2D eigenvalue weighted by Crippen LogP contribution is -2.13. The van der Waals surface area contributed by atoms with Gasteiger partial charge in [0.2, 0.25) is 0 Å². The van der Waals surface area contributed by atoms with Gasteiger partial charge >= 0.3 is 0 Å². The lowest BCUT2D eigenvalue weighted by molar-refractivity contribution is 0.670. The van der Waals surface area contributed by atoms with E-state index >= 15 is 0 Å². The van der Waals surface area contributed by atoms with Gasteiger partial charge < -0.3 is 5.73 Å². The lowest BCUT2D eigenvalue weighted by atomic mass is 9.92. The first-order chi connectivity index (χ1) is 6.72. The van der Waals surface area contributed by atoms with Crippen molar-refractivity contribution in [1.29, 1.82) is 0 Å². The maximum absolute atomic E-state index is 5.72. The van der Waals surface area contributed by atoms with Crippen molar-refractivity contribution < 1.29 is 0 Å². The van der Waals surface area contributed by atoms with Crippen LogP contribution in [0.2, 0.25) is 0 Å². The Morgan fingerprint density at radius 1 is 1.57 bits per heavy atom. The molecule has 0 heterocycles. The summed E-state index contributed by atoms with van der Waals surface area (Å²) in [6, 6.07) is 0.344. The zero-order valence-electron chi connectivity index (χ0n) is 9.55. The third-order valence-electron chi connectivity index (χ3n) is 2.86. The quantitative estimate of drug-likeness (QED) is 0.679. The van der Waals surface area contributed by atoms with Crippen LogP contribution in [0.5, 0.6) is 0 Å². The number of nitrogens with two attached hydrogens (primary N) is 1. The molecule has 1 aliphatic rings. The summed E-state index contributed by atoms with van der Waals surface area (Å²) < 4.78 is 0. The van der Waals surface area contributed by atoms with Crippen molar-refractivity contribution in [2.45, 2.75) is 58.4 Å². The van der Waals surface area contributed by atoms with Gasteiger partial charge in [-0.1, -0.05) is 30.2 Å². The summed E-state index contributed by atoms with van der Waals surface area (Å²) in [5.41, 5.74) is 8.96. The molecule has 80 valence electrons. The molecule has 0 aromatic heterocycles. The Labute approximate surface area is 88.1 Å². The molecule has 1 unspecified atom stereocenters. The van der Waals surface area contributed by atoms with Crippen molar-refractivity contribution in [2.75, 3.05) is 0 Å². The second-order valence-electron chi connectivity index (χ2n) is 4.35. The van der Waals surface area contributed by atoms with Crippen LogP contribution in [0.3, 0.4) is 0 Å². The van der Waals surface area contributed by atoms with Crippen LogP contribution in [-0.2, 0) is 0 Å². The molecule has 0 amide bonds. The highest BCUT2D eigenvalue weighted by atomic mass is 14.6. The molecular formula is C13H23N. The lowest BCUT2D eigenvalue weighted by Gasteiger charge is -2.15. The van der Waals surface area contributed by atoms with Gasteiger partial charge in [-0.3, -0.25) is 0 Å². The van der Waals surface area contributed by atoms with E-state index in [1.807, 2.05) is 0 Å². The van der Waals surface area contributed by atoms with E-state index in [1.165, 1.54) is 25.7 Å². The summed E-state index contributed by atoms with van der Waals surface area (Å²) in [7, 11) is 0. The molecule has 1 aliphatic carbocycles. The minimum atomic E-state index is 0.344. The Bertz CT molecular complexity index is 223. The van der Waals surface area contributed by atoms with Crippen LogP contribution in [0, 0.1) is 0 Å². The molecular weight excluding hydrogens is 170 g/mol. The standard InChI is InChI=1S/C13H23N/c1-3-12-7-5-9-13(10-12)8-4-6-11(2)14/h7-8,11H,3-6,9-10,14H2,1-2H3/b13-8+. The molecule has 0 aromatic carbocycles. The van der Waals surface area contributed by atoms with Crippen molar-refractivity contribution in [3.63, 3.8) is 0 Å². The average molecular weight is 193 g/mol. The molecule has 14 heavy (non-hydrogen) atoms. The number of hydrogen-bond donors (Lipinski definition) is 1. The molecule has 1 rings (SSSR count). The fraction of sp³-hybridized carbons (Fsp3) is 0.692. The normalized spacial score (nSPS) is 22.2. The fourth-order valence-corrected chi connectivity index (χ4v) is 1.91. The zero-order chi connectivity index (χ0) is 10.4. The van der Waals surface area contributed by atoms with E-state index in [0.717, 1.165) is 12.8 Å². The smallest absolute Gasteiger partial charge is 0.00134 e. The zero-order valence-corrected chi connectivity index (χ0v) is 9.55. The van der Waals surface area contributed by atoms with Gasteiger partial charge in [0.1, 0.15) is 0 Å². The van der Waals surface area contributed by atoms with E-state index < -0.39 is 0 Å². The van der Waals surface area contributed by atoms with Gasteiger partial charge in [0.25, 0.3) is 0 Å². The number of rotatable bonds is 4. The first-order valence-electron chi connectivity index (χ1n) is 5.83. The molecule has 0 fully saturated rings. The minimum Gasteiger partial charge on any atom is -0.328 e. The van der Waals surface area contributed by atoms with Crippen molar-refractivity contribution in [3.8, 4) is 0 Å². The molecule has 1 nitrogen and oxygen atoms in total. The van der Waals surface area contributed by atoms with E-state index in [9.17, 15) is 0 Å². The van der Waals surface area contributed by atoms with Crippen LogP contribution < -0.4 is 5.73 Å². The van der Waals surface area contributed by atoms with Crippen LogP contribution in [0.4, 0.5) is 0 Å². The van der Waals surface area contributed by atoms with Gasteiger partial charge in [-0.2, -0.15) is 0 Å². The Morgan fingerprint density at radius 3 is 3.00 bits per heavy atom. The first kappa shape index (κ1) is 11.5. The van der Waals surface area contributed by atoms with Crippen LogP contribution in [0.15, 0.2) is 23.3 Å². The summed E-state index contributed by atoms with van der Waals surface area (Å²) >= 11 is 0. The fourth-order valence-electron chi connectivity index (χ4n) is 1.91. The van der Waals surface area contributed by atoms with Crippen LogP contribution in [-0.4, -0.2) is 6.04 Å². The van der Waals surface area contributed by atoms with Crippen LogP contribution >= 0.6 is 0 Å². The summed E-state index contributed by atoms with van der Waals surface area (Å²) in [6.45, 7) is 4.33.